The Morgan fingerprint density at radius 1 is 1.00 bits per heavy atom. The van der Waals surface area contributed by atoms with Crippen LogP contribution in [0.3, 0.4) is 0 Å². The highest BCUT2D eigenvalue weighted by atomic mass is 16.5. The van der Waals surface area contributed by atoms with Crippen molar-refractivity contribution in [2.75, 3.05) is 7.11 Å². The number of carbonyl (C=O) groups excluding carboxylic acids is 1. The van der Waals surface area contributed by atoms with Gasteiger partial charge in [-0.15, -0.1) is 0 Å². The molecule has 5 heteroatoms. The van der Waals surface area contributed by atoms with Crippen LogP contribution < -0.4 is 14.8 Å². The third-order valence-corrected chi connectivity index (χ3v) is 3.83. The van der Waals surface area contributed by atoms with Crippen molar-refractivity contribution in [3.05, 3.63) is 89.7 Å². The lowest BCUT2D eigenvalue weighted by atomic mass is 10.2. The summed E-state index contributed by atoms with van der Waals surface area (Å²) >= 11 is 0. The number of aromatic nitrogens is 1. The van der Waals surface area contributed by atoms with Crippen LogP contribution in [0.4, 0.5) is 0 Å². The van der Waals surface area contributed by atoms with Gasteiger partial charge in [-0.1, -0.05) is 18.2 Å². The second kappa shape index (κ2) is 8.67. The zero-order valence-corrected chi connectivity index (χ0v) is 14.5. The summed E-state index contributed by atoms with van der Waals surface area (Å²) in [6.45, 7) is 0.879. The normalized spacial score (nSPS) is 10.2. The molecule has 0 atom stereocenters. The predicted molar refractivity (Wildman–Crippen MR) is 99.2 cm³/mol. The molecule has 0 bridgehead atoms. The van der Waals surface area contributed by atoms with Gasteiger partial charge in [0.25, 0.3) is 5.91 Å². The van der Waals surface area contributed by atoms with E-state index < -0.39 is 0 Å². The standard InChI is InChI=1S/C21H20N2O3/c1-25-20-6-2-4-16(12-20)14-23-21(24)18-7-9-19(10-8-18)26-15-17-5-3-11-22-13-17/h2-13H,14-15H2,1H3,(H,23,24). The van der Waals surface area contributed by atoms with E-state index in [0.717, 1.165) is 16.9 Å². The Morgan fingerprint density at radius 3 is 2.54 bits per heavy atom. The number of methoxy groups -OCH3 is 1. The first-order chi connectivity index (χ1) is 12.7. The molecule has 0 spiro atoms. The SMILES string of the molecule is COc1cccc(CNC(=O)c2ccc(OCc3cccnc3)cc2)c1. The average molecular weight is 348 g/mol. The number of ether oxygens (including phenoxy) is 2. The number of hydrogen-bond donors (Lipinski definition) is 1. The lowest BCUT2D eigenvalue weighted by Crippen LogP contribution is -2.22. The maximum absolute atomic E-state index is 12.3. The maximum Gasteiger partial charge on any atom is 0.251 e. The van der Waals surface area contributed by atoms with E-state index in [1.807, 2.05) is 36.4 Å². The smallest absolute Gasteiger partial charge is 0.251 e. The Bertz CT molecular complexity index is 849. The Kier molecular flexibility index (Phi) is 5.83. The summed E-state index contributed by atoms with van der Waals surface area (Å²) in [5.41, 5.74) is 2.56. The highest BCUT2D eigenvalue weighted by Crippen LogP contribution is 2.15. The molecule has 5 nitrogen and oxygen atoms in total. The first-order valence-electron chi connectivity index (χ1n) is 8.27. The van der Waals surface area contributed by atoms with Crippen LogP contribution in [0.5, 0.6) is 11.5 Å². The van der Waals surface area contributed by atoms with Crippen molar-refractivity contribution in [2.45, 2.75) is 13.2 Å². The first-order valence-corrected chi connectivity index (χ1v) is 8.27. The number of hydrogen-bond acceptors (Lipinski definition) is 4. The summed E-state index contributed by atoms with van der Waals surface area (Å²) < 4.78 is 10.9. The number of carbonyl (C=O) groups is 1. The quantitative estimate of drug-likeness (QED) is 0.709. The lowest BCUT2D eigenvalue weighted by molar-refractivity contribution is 0.0951. The summed E-state index contributed by atoms with van der Waals surface area (Å²) in [6, 6.07) is 18.5. The monoisotopic (exact) mass is 348 g/mol. The summed E-state index contributed by atoms with van der Waals surface area (Å²) in [6.07, 6.45) is 3.49. The van der Waals surface area contributed by atoms with Crippen LogP contribution >= 0.6 is 0 Å². The molecule has 0 fully saturated rings. The Balaban J connectivity index is 1.53. The summed E-state index contributed by atoms with van der Waals surface area (Å²) in [5, 5.41) is 2.90. The van der Waals surface area contributed by atoms with Gasteiger partial charge in [0.05, 0.1) is 7.11 Å². The van der Waals surface area contributed by atoms with E-state index in [4.69, 9.17) is 9.47 Å². The molecule has 0 aliphatic carbocycles. The van der Waals surface area contributed by atoms with Crippen LogP contribution in [0.1, 0.15) is 21.5 Å². The molecular weight excluding hydrogens is 328 g/mol. The van der Waals surface area contributed by atoms with Crippen molar-refractivity contribution >= 4 is 5.91 Å². The number of pyridine rings is 1. The minimum absolute atomic E-state index is 0.133. The molecule has 0 saturated heterocycles. The Morgan fingerprint density at radius 2 is 1.81 bits per heavy atom. The largest absolute Gasteiger partial charge is 0.497 e. The minimum Gasteiger partial charge on any atom is -0.497 e. The number of benzene rings is 2. The molecule has 0 aliphatic rings. The van der Waals surface area contributed by atoms with E-state index in [1.54, 1.807) is 43.8 Å². The molecule has 1 heterocycles. The Hall–Kier alpha value is -3.34. The van der Waals surface area contributed by atoms with E-state index in [1.165, 1.54) is 0 Å². The molecule has 3 aromatic rings. The van der Waals surface area contributed by atoms with Gasteiger partial charge in [0, 0.05) is 30.1 Å². The third-order valence-electron chi connectivity index (χ3n) is 3.83. The number of amides is 1. The van der Waals surface area contributed by atoms with E-state index >= 15 is 0 Å². The lowest BCUT2D eigenvalue weighted by Gasteiger charge is -2.09. The zero-order chi connectivity index (χ0) is 18.2. The van der Waals surface area contributed by atoms with Crippen molar-refractivity contribution in [2.24, 2.45) is 0 Å². The van der Waals surface area contributed by atoms with E-state index in [0.29, 0.717) is 24.5 Å². The van der Waals surface area contributed by atoms with Gasteiger partial charge < -0.3 is 14.8 Å². The van der Waals surface area contributed by atoms with E-state index in [2.05, 4.69) is 10.3 Å². The van der Waals surface area contributed by atoms with Gasteiger partial charge in [0.1, 0.15) is 18.1 Å². The fourth-order valence-corrected chi connectivity index (χ4v) is 2.42. The second-order valence-corrected chi connectivity index (χ2v) is 5.71. The molecule has 0 unspecified atom stereocenters. The van der Waals surface area contributed by atoms with Crippen LogP contribution in [-0.4, -0.2) is 18.0 Å². The number of rotatable bonds is 7. The van der Waals surface area contributed by atoms with Crippen LogP contribution in [0.2, 0.25) is 0 Å². The van der Waals surface area contributed by atoms with Crippen molar-refractivity contribution in [3.8, 4) is 11.5 Å². The van der Waals surface area contributed by atoms with Crippen molar-refractivity contribution in [1.29, 1.82) is 0 Å². The summed E-state index contributed by atoms with van der Waals surface area (Å²) in [5.74, 6) is 1.34. The van der Waals surface area contributed by atoms with Gasteiger partial charge in [-0.25, -0.2) is 0 Å². The summed E-state index contributed by atoms with van der Waals surface area (Å²) in [7, 11) is 1.62. The van der Waals surface area contributed by atoms with Crippen molar-refractivity contribution in [3.63, 3.8) is 0 Å². The fourth-order valence-electron chi connectivity index (χ4n) is 2.42. The second-order valence-electron chi connectivity index (χ2n) is 5.71. The molecule has 0 aliphatic heterocycles. The molecular formula is C21H20N2O3. The highest BCUT2D eigenvalue weighted by molar-refractivity contribution is 5.94. The van der Waals surface area contributed by atoms with Crippen LogP contribution in [0.15, 0.2) is 73.1 Å². The average Bonchev–Trinajstić information content (AvgIpc) is 2.72. The number of nitrogens with zero attached hydrogens (tertiary/aromatic N) is 1. The first kappa shape index (κ1) is 17.5. The molecule has 2 aromatic carbocycles. The van der Waals surface area contributed by atoms with Crippen LogP contribution in [-0.2, 0) is 13.2 Å². The van der Waals surface area contributed by atoms with Gasteiger partial charge in [0.15, 0.2) is 0 Å². The van der Waals surface area contributed by atoms with Gasteiger partial charge in [-0.3, -0.25) is 9.78 Å². The predicted octanol–water partition coefficient (Wildman–Crippen LogP) is 3.60. The fraction of sp³-hybridized carbons (Fsp3) is 0.143. The van der Waals surface area contributed by atoms with Gasteiger partial charge in [-0.05, 0) is 48.0 Å². The Labute approximate surface area is 152 Å². The highest BCUT2D eigenvalue weighted by Gasteiger charge is 2.06. The van der Waals surface area contributed by atoms with Gasteiger partial charge in [-0.2, -0.15) is 0 Å². The zero-order valence-electron chi connectivity index (χ0n) is 14.5. The van der Waals surface area contributed by atoms with Gasteiger partial charge in [0.2, 0.25) is 0 Å². The molecule has 0 saturated carbocycles. The molecule has 1 aromatic heterocycles. The van der Waals surface area contributed by atoms with E-state index in [9.17, 15) is 4.79 Å². The molecule has 0 radical (unpaired) electrons. The minimum atomic E-state index is -0.133. The molecule has 3 rings (SSSR count). The molecule has 132 valence electrons. The molecule has 26 heavy (non-hydrogen) atoms. The topological polar surface area (TPSA) is 60.5 Å². The number of nitrogens with one attached hydrogen (secondary N) is 1. The molecule has 1 N–H and O–H groups in total. The maximum atomic E-state index is 12.3. The van der Waals surface area contributed by atoms with E-state index in [-0.39, 0.29) is 5.91 Å². The van der Waals surface area contributed by atoms with Crippen molar-refractivity contribution < 1.29 is 14.3 Å². The van der Waals surface area contributed by atoms with Crippen molar-refractivity contribution in [1.82, 2.24) is 10.3 Å². The molecule has 1 amide bonds. The van der Waals surface area contributed by atoms with Crippen LogP contribution in [0, 0.1) is 0 Å². The van der Waals surface area contributed by atoms with Gasteiger partial charge >= 0.3 is 0 Å². The summed E-state index contributed by atoms with van der Waals surface area (Å²) in [4.78, 5) is 16.3. The third kappa shape index (κ3) is 4.83. The van der Waals surface area contributed by atoms with Crippen LogP contribution in [0.25, 0.3) is 0 Å².